The Morgan fingerprint density at radius 3 is 2.85 bits per heavy atom. The van der Waals surface area contributed by atoms with Gasteiger partial charge >= 0.3 is 6.18 Å². The molecule has 26 heavy (non-hydrogen) atoms. The summed E-state index contributed by atoms with van der Waals surface area (Å²) in [6.07, 6.45) is -1.07. The topological polar surface area (TPSA) is 101 Å². The third kappa shape index (κ3) is 2.91. The predicted octanol–water partition coefficient (Wildman–Crippen LogP) is 2.07. The van der Waals surface area contributed by atoms with E-state index in [1.807, 2.05) is 0 Å². The lowest BCUT2D eigenvalue weighted by Crippen LogP contribution is -2.36. The number of oxazole rings is 1. The molecule has 134 valence electrons. The van der Waals surface area contributed by atoms with Gasteiger partial charge in [0, 0.05) is 25.4 Å². The van der Waals surface area contributed by atoms with Gasteiger partial charge < -0.3 is 9.32 Å². The molecular weight excluding hydrogens is 353 g/mol. The highest BCUT2D eigenvalue weighted by atomic mass is 19.4. The number of alkyl halides is 3. The standard InChI is InChI=1S/C15H11F3N6O2/c16-15(17,18)14-21-11(22-23-14)13(25)24-5-3-10-9(7-24)20-12(26-10)8-2-1-4-19-6-8/h1-2,4,6H,3,5,7H2,(H,21,22,23). The summed E-state index contributed by atoms with van der Waals surface area (Å²) in [5.41, 5.74) is 1.25. The van der Waals surface area contributed by atoms with Crippen molar-refractivity contribution in [1.82, 2.24) is 30.0 Å². The van der Waals surface area contributed by atoms with Gasteiger partial charge in [0.25, 0.3) is 5.91 Å². The second kappa shape index (κ2) is 5.93. The lowest BCUT2D eigenvalue weighted by atomic mass is 10.1. The fourth-order valence-corrected chi connectivity index (χ4v) is 2.61. The van der Waals surface area contributed by atoms with Crippen LogP contribution in [-0.4, -0.2) is 42.5 Å². The van der Waals surface area contributed by atoms with E-state index < -0.39 is 23.7 Å². The molecule has 3 aromatic heterocycles. The van der Waals surface area contributed by atoms with Gasteiger partial charge in [-0.1, -0.05) is 0 Å². The first-order chi connectivity index (χ1) is 12.4. The molecule has 1 amide bonds. The van der Waals surface area contributed by atoms with Crippen LogP contribution in [0.1, 0.15) is 27.9 Å². The first-order valence-electron chi connectivity index (χ1n) is 7.59. The Hall–Kier alpha value is -3.24. The number of hydrogen-bond donors (Lipinski definition) is 1. The number of aromatic nitrogens is 5. The van der Waals surface area contributed by atoms with Crippen molar-refractivity contribution < 1.29 is 22.4 Å². The number of carbonyl (C=O) groups excluding carboxylic acids is 1. The number of aromatic amines is 1. The van der Waals surface area contributed by atoms with E-state index in [0.29, 0.717) is 29.3 Å². The predicted molar refractivity (Wildman–Crippen MR) is 79.6 cm³/mol. The second-order valence-electron chi connectivity index (χ2n) is 5.61. The third-order valence-electron chi connectivity index (χ3n) is 3.87. The molecule has 0 aliphatic carbocycles. The van der Waals surface area contributed by atoms with E-state index in [4.69, 9.17) is 4.42 Å². The van der Waals surface area contributed by atoms with E-state index in [1.54, 1.807) is 29.6 Å². The quantitative estimate of drug-likeness (QED) is 0.747. The Morgan fingerprint density at radius 2 is 2.15 bits per heavy atom. The van der Waals surface area contributed by atoms with Crippen molar-refractivity contribution >= 4 is 5.91 Å². The largest absolute Gasteiger partial charge is 0.451 e. The van der Waals surface area contributed by atoms with E-state index in [2.05, 4.69) is 20.1 Å². The number of halogens is 3. The zero-order valence-corrected chi connectivity index (χ0v) is 13.1. The summed E-state index contributed by atoms with van der Waals surface area (Å²) in [5.74, 6) is -1.52. The maximum Gasteiger partial charge on any atom is 0.451 e. The third-order valence-corrected chi connectivity index (χ3v) is 3.87. The number of carbonyl (C=O) groups is 1. The number of H-pyrrole nitrogens is 1. The van der Waals surface area contributed by atoms with Crippen LogP contribution < -0.4 is 0 Å². The van der Waals surface area contributed by atoms with Crippen LogP contribution in [0.25, 0.3) is 11.5 Å². The monoisotopic (exact) mass is 364 g/mol. The fourth-order valence-electron chi connectivity index (χ4n) is 2.61. The first kappa shape index (κ1) is 16.2. The van der Waals surface area contributed by atoms with Gasteiger partial charge in [-0.25, -0.2) is 4.98 Å². The molecule has 4 rings (SSSR count). The number of rotatable bonds is 2. The lowest BCUT2D eigenvalue weighted by molar-refractivity contribution is -0.144. The summed E-state index contributed by atoms with van der Waals surface area (Å²) in [5, 5.41) is 5.10. The molecule has 0 bridgehead atoms. The number of nitrogens with one attached hydrogen (secondary N) is 1. The van der Waals surface area contributed by atoms with Crippen molar-refractivity contribution in [3.05, 3.63) is 47.6 Å². The smallest absolute Gasteiger partial charge is 0.441 e. The van der Waals surface area contributed by atoms with Gasteiger partial charge in [0.2, 0.25) is 17.5 Å². The van der Waals surface area contributed by atoms with Gasteiger partial charge in [0.05, 0.1) is 12.1 Å². The minimum atomic E-state index is -4.69. The molecule has 0 saturated heterocycles. The Morgan fingerprint density at radius 1 is 1.31 bits per heavy atom. The molecule has 3 aromatic rings. The molecule has 0 aromatic carbocycles. The van der Waals surface area contributed by atoms with Crippen LogP contribution >= 0.6 is 0 Å². The number of nitrogens with zero attached hydrogens (tertiary/aromatic N) is 5. The van der Waals surface area contributed by atoms with Gasteiger partial charge in [-0.05, 0) is 12.1 Å². The second-order valence-corrected chi connectivity index (χ2v) is 5.61. The van der Waals surface area contributed by atoms with Crippen LogP contribution in [0.2, 0.25) is 0 Å². The van der Waals surface area contributed by atoms with Crippen molar-refractivity contribution in [3.8, 4) is 11.5 Å². The number of amides is 1. The zero-order valence-electron chi connectivity index (χ0n) is 13.1. The molecule has 0 fully saturated rings. The molecule has 4 heterocycles. The molecule has 1 aliphatic rings. The minimum absolute atomic E-state index is 0.105. The summed E-state index contributed by atoms with van der Waals surface area (Å²) in [6.45, 7) is 0.372. The van der Waals surface area contributed by atoms with Gasteiger partial charge in [0.15, 0.2) is 0 Å². The number of fused-ring (bicyclic) bond motifs is 1. The van der Waals surface area contributed by atoms with Crippen LogP contribution in [0.3, 0.4) is 0 Å². The number of pyridine rings is 1. The van der Waals surface area contributed by atoms with Crippen molar-refractivity contribution in [2.75, 3.05) is 6.54 Å². The molecule has 11 heteroatoms. The molecule has 1 aliphatic heterocycles. The van der Waals surface area contributed by atoms with E-state index in [0.717, 1.165) is 0 Å². The van der Waals surface area contributed by atoms with Gasteiger partial charge in [-0.3, -0.25) is 14.9 Å². The van der Waals surface area contributed by atoms with Gasteiger partial charge in [-0.15, -0.1) is 5.10 Å². The Bertz CT molecular complexity index is 950. The highest BCUT2D eigenvalue weighted by Crippen LogP contribution is 2.27. The fraction of sp³-hybridized carbons (Fsp3) is 0.267. The average Bonchev–Trinajstić information content (AvgIpc) is 3.28. The highest BCUT2D eigenvalue weighted by Gasteiger charge is 2.37. The van der Waals surface area contributed by atoms with Crippen molar-refractivity contribution in [2.45, 2.75) is 19.1 Å². The molecule has 0 radical (unpaired) electrons. The normalized spacial score (nSPS) is 14.3. The maximum absolute atomic E-state index is 12.6. The Labute approximate surface area is 144 Å². The van der Waals surface area contributed by atoms with Crippen molar-refractivity contribution in [1.29, 1.82) is 0 Å². The van der Waals surface area contributed by atoms with Crippen LogP contribution in [0.4, 0.5) is 13.2 Å². The van der Waals surface area contributed by atoms with E-state index in [9.17, 15) is 18.0 Å². The zero-order chi connectivity index (χ0) is 18.3. The molecule has 8 nitrogen and oxygen atoms in total. The SMILES string of the molecule is O=C(c1n[nH]c(C(F)(F)F)n1)N1CCc2oc(-c3cccnc3)nc2C1. The summed E-state index contributed by atoms with van der Waals surface area (Å²) < 4.78 is 43.4. The summed E-state index contributed by atoms with van der Waals surface area (Å²) in [7, 11) is 0. The summed E-state index contributed by atoms with van der Waals surface area (Å²) in [6, 6.07) is 3.54. The van der Waals surface area contributed by atoms with Crippen LogP contribution in [0, 0.1) is 0 Å². The lowest BCUT2D eigenvalue weighted by Gasteiger charge is -2.23. The average molecular weight is 364 g/mol. The van der Waals surface area contributed by atoms with Gasteiger partial charge in [0.1, 0.15) is 11.5 Å². The molecule has 0 unspecified atom stereocenters. The summed E-state index contributed by atoms with van der Waals surface area (Å²) >= 11 is 0. The molecular formula is C15H11F3N6O2. The Balaban J connectivity index is 1.54. The van der Waals surface area contributed by atoms with Crippen LogP contribution in [-0.2, 0) is 19.1 Å². The molecule has 0 saturated carbocycles. The first-order valence-corrected chi connectivity index (χ1v) is 7.59. The minimum Gasteiger partial charge on any atom is -0.441 e. The summed E-state index contributed by atoms with van der Waals surface area (Å²) in [4.78, 5) is 25.3. The number of hydrogen-bond acceptors (Lipinski definition) is 6. The highest BCUT2D eigenvalue weighted by molar-refractivity contribution is 5.90. The van der Waals surface area contributed by atoms with Gasteiger partial charge in [-0.2, -0.15) is 18.2 Å². The molecule has 0 atom stereocenters. The Kier molecular flexibility index (Phi) is 3.71. The molecule has 0 spiro atoms. The van der Waals surface area contributed by atoms with E-state index in [-0.39, 0.29) is 13.1 Å². The van der Waals surface area contributed by atoms with E-state index >= 15 is 0 Å². The van der Waals surface area contributed by atoms with E-state index in [1.165, 1.54) is 4.90 Å². The van der Waals surface area contributed by atoms with Crippen molar-refractivity contribution in [2.24, 2.45) is 0 Å². The van der Waals surface area contributed by atoms with Crippen LogP contribution in [0.15, 0.2) is 28.9 Å². The van der Waals surface area contributed by atoms with Crippen LogP contribution in [0.5, 0.6) is 0 Å². The molecule has 1 N–H and O–H groups in total. The van der Waals surface area contributed by atoms with Crippen molar-refractivity contribution in [3.63, 3.8) is 0 Å². The maximum atomic E-state index is 12.6.